The van der Waals surface area contributed by atoms with E-state index in [1.807, 2.05) is 7.05 Å². The van der Waals surface area contributed by atoms with Gasteiger partial charge in [-0.25, -0.2) is 0 Å². The van der Waals surface area contributed by atoms with Gasteiger partial charge in [0.2, 0.25) is 0 Å². The Labute approximate surface area is 75.4 Å². The zero-order valence-electron chi connectivity index (χ0n) is 8.38. The van der Waals surface area contributed by atoms with Crippen molar-refractivity contribution in [3.05, 3.63) is 0 Å². The second kappa shape index (κ2) is 4.24. The summed E-state index contributed by atoms with van der Waals surface area (Å²) in [4.78, 5) is 0. The van der Waals surface area contributed by atoms with E-state index in [4.69, 9.17) is 0 Å². The van der Waals surface area contributed by atoms with Gasteiger partial charge in [0, 0.05) is 12.0 Å². The van der Waals surface area contributed by atoms with Gasteiger partial charge in [0.25, 0.3) is 0 Å². The van der Waals surface area contributed by atoms with Crippen molar-refractivity contribution < 1.29 is 5.11 Å². The topological polar surface area (TPSA) is 32.3 Å². The lowest BCUT2D eigenvalue weighted by atomic mass is 9.89. The third kappa shape index (κ3) is 1.99. The molecule has 1 aliphatic rings. The Hall–Kier alpha value is -0.0800. The van der Waals surface area contributed by atoms with Crippen molar-refractivity contribution >= 4 is 0 Å². The van der Waals surface area contributed by atoms with Crippen LogP contribution in [-0.4, -0.2) is 24.3 Å². The fourth-order valence-electron chi connectivity index (χ4n) is 2.25. The van der Waals surface area contributed by atoms with Gasteiger partial charge in [-0.05, 0) is 25.8 Å². The van der Waals surface area contributed by atoms with Crippen LogP contribution in [0.2, 0.25) is 0 Å². The van der Waals surface area contributed by atoms with Gasteiger partial charge in [-0.2, -0.15) is 0 Å². The first-order valence-corrected chi connectivity index (χ1v) is 5.02. The maximum atomic E-state index is 9.89. The normalized spacial score (nSPS) is 32.8. The zero-order chi connectivity index (χ0) is 9.14. The average molecular weight is 171 g/mol. The summed E-state index contributed by atoms with van der Waals surface area (Å²) in [6.45, 7) is 4.19. The van der Waals surface area contributed by atoms with Crippen LogP contribution in [0.5, 0.6) is 0 Å². The summed E-state index contributed by atoms with van der Waals surface area (Å²) < 4.78 is 0. The van der Waals surface area contributed by atoms with Gasteiger partial charge in [-0.3, -0.25) is 0 Å². The molecule has 0 aromatic rings. The maximum Gasteiger partial charge on any atom is 0.0606 e. The molecule has 1 rings (SSSR count). The predicted octanol–water partition coefficient (Wildman–Crippen LogP) is 1.39. The first-order valence-electron chi connectivity index (χ1n) is 5.02. The molecule has 0 aromatic heterocycles. The van der Waals surface area contributed by atoms with E-state index in [1.165, 1.54) is 19.3 Å². The van der Waals surface area contributed by atoms with Crippen LogP contribution in [0.25, 0.3) is 0 Å². The Morgan fingerprint density at radius 2 is 2.00 bits per heavy atom. The molecule has 0 heterocycles. The molecule has 3 atom stereocenters. The molecule has 0 spiro atoms. The molecule has 72 valence electrons. The van der Waals surface area contributed by atoms with E-state index in [1.54, 1.807) is 0 Å². The molecule has 1 unspecified atom stereocenters. The molecule has 0 saturated heterocycles. The molecule has 0 aromatic carbocycles. The van der Waals surface area contributed by atoms with Crippen LogP contribution in [0.15, 0.2) is 0 Å². The molecule has 2 nitrogen and oxygen atoms in total. The van der Waals surface area contributed by atoms with Gasteiger partial charge in [-0.15, -0.1) is 0 Å². The SMILES string of the molecule is CN[C@H]1CCC[C@@H]1C(O)C(C)C. The van der Waals surface area contributed by atoms with Crippen molar-refractivity contribution in [1.82, 2.24) is 5.32 Å². The monoisotopic (exact) mass is 171 g/mol. The largest absolute Gasteiger partial charge is 0.393 e. The number of hydrogen-bond donors (Lipinski definition) is 2. The molecule has 12 heavy (non-hydrogen) atoms. The maximum absolute atomic E-state index is 9.89. The van der Waals surface area contributed by atoms with Gasteiger partial charge in [0.05, 0.1) is 6.10 Å². The second-order valence-electron chi connectivity index (χ2n) is 4.22. The van der Waals surface area contributed by atoms with Crippen molar-refractivity contribution in [2.45, 2.75) is 45.3 Å². The zero-order valence-corrected chi connectivity index (χ0v) is 8.38. The highest BCUT2D eigenvalue weighted by atomic mass is 16.3. The third-order valence-corrected chi connectivity index (χ3v) is 3.06. The van der Waals surface area contributed by atoms with Crippen LogP contribution in [-0.2, 0) is 0 Å². The highest BCUT2D eigenvalue weighted by Gasteiger charge is 2.32. The number of aliphatic hydroxyl groups is 1. The Balaban J connectivity index is 2.49. The van der Waals surface area contributed by atoms with E-state index in [9.17, 15) is 5.11 Å². The molecule has 0 amide bonds. The third-order valence-electron chi connectivity index (χ3n) is 3.06. The fourth-order valence-corrected chi connectivity index (χ4v) is 2.25. The average Bonchev–Trinajstić information content (AvgIpc) is 2.49. The van der Waals surface area contributed by atoms with Crippen molar-refractivity contribution in [2.75, 3.05) is 7.05 Å². The van der Waals surface area contributed by atoms with Crippen molar-refractivity contribution in [3.8, 4) is 0 Å². The molecular formula is C10H21NO. The lowest BCUT2D eigenvalue weighted by molar-refractivity contribution is 0.0560. The summed E-state index contributed by atoms with van der Waals surface area (Å²) in [6.07, 6.45) is 3.56. The van der Waals surface area contributed by atoms with E-state index in [2.05, 4.69) is 19.2 Å². The van der Waals surface area contributed by atoms with Gasteiger partial charge in [0.15, 0.2) is 0 Å². The highest BCUT2D eigenvalue weighted by Crippen LogP contribution is 2.30. The molecule has 0 bridgehead atoms. The lowest BCUT2D eigenvalue weighted by Crippen LogP contribution is -2.38. The van der Waals surface area contributed by atoms with E-state index in [0.29, 0.717) is 17.9 Å². The molecule has 0 radical (unpaired) electrons. The molecule has 0 aliphatic heterocycles. The minimum absolute atomic E-state index is 0.120. The molecule has 2 N–H and O–H groups in total. The summed E-state index contributed by atoms with van der Waals surface area (Å²) in [5, 5.41) is 13.2. The Morgan fingerprint density at radius 1 is 1.33 bits per heavy atom. The van der Waals surface area contributed by atoms with Crippen LogP contribution in [0.3, 0.4) is 0 Å². The predicted molar refractivity (Wildman–Crippen MR) is 51.0 cm³/mol. The minimum atomic E-state index is -0.120. The first kappa shape index (κ1) is 10.0. The van der Waals surface area contributed by atoms with Crippen LogP contribution in [0.1, 0.15) is 33.1 Å². The summed E-state index contributed by atoms with van der Waals surface area (Å²) >= 11 is 0. The van der Waals surface area contributed by atoms with Crippen molar-refractivity contribution in [1.29, 1.82) is 0 Å². The molecule has 1 aliphatic carbocycles. The number of hydrogen-bond acceptors (Lipinski definition) is 2. The quantitative estimate of drug-likeness (QED) is 0.672. The van der Waals surface area contributed by atoms with Crippen LogP contribution >= 0.6 is 0 Å². The minimum Gasteiger partial charge on any atom is -0.393 e. The summed E-state index contributed by atoms with van der Waals surface area (Å²) in [5.74, 6) is 0.874. The summed E-state index contributed by atoms with van der Waals surface area (Å²) in [6, 6.07) is 0.544. The number of aliphatic hydroxyl groups excluding tert-OH is 1. The summed E-state index contributed by atoms with van der Waals surface area (Å²) in [7, 11) is 2.00. The van der Waals surface area contributed by atoms with Crippen molar-refractivity contribution in [3.63, 3.8) is 0 Å². The van der Waals surface area contributed by atoms with Gasteiger partial charge in [0.1, 0.15) is 0 Å². The van der Waals surface area contributed by atoms with Crippen LogP contribution < -0.4 is 5.32 Å². The summed E-state index contributed by atoms with van der Waals surface area (Å²) in [5.41, 5.74) is 0. The molecule has 1 saturated carbocycles. The van der Waals surface area contributed by atoms with Crippen LogP contribution in [0, 0.1) is 11.8 Å². The fraction of sp³-hybridized carbons (Fsp3) is 1.00. The Morgan fingerprint density at radius 3 is 2.50 bits per heavy atom. The standard InChI is InChI=1S/C10H21NO/c1-7(2)10(12)8-5-4-6-9(8)11-3/h7-12H,4-6H2,1-3H3/t8-,9-,10?/m0/s1. The Kier molecular flexibility index (Phi) is 3.53. The van der Waals surface area contributed by atoms with Crippen molar-refractivity contribution in [2.24, 2.45) is 11.8 Å². The van der Waals surface area contributed by atoms with Gasteiger partial charge >= 0.3 is 0 Å². The van der Waals surface area contributed by atoms with Crippen LogP contribution in [0.4, 0.5) is 0 Å². The highest BCUT2D eigenvalue weighted by molar-refractivity contribution is 4.87. The van der Waals surface area contributed by atoms with Gasteiger partial charge < -0.3 is 10.4 Å². The smallest absolute Gasteiger partial charge is 0.0606 e. The number of rotatable bonds is 3. The second-order valence-corrected chi connectivity index (χ2v) is 4.22. The first-order chi connectivity index (χ1) is 5.66. The van der Waals surface area contributed by atoms with E-state index >= 15 is 0 Å². The molecular weight excluding hydrogens is 150 g/mol. The van der Waals surface area contributed by atoms with E-state index in [-0.39, 0.29) is 6.10 Å². The van der Waals surface area contributed by atoms with E-state index in [0.717, 1.165) is 0 Å². The molecule has 2 heteroatoms. The molecule has 1 fully saturated rings. The Bertz CT molecular complexity index is 136. The lowest BCUT2D eigenvalue weighted by Gasteiger charge is -2.27. The van der Waals surface area contributed by atoms with E-state index < -0.39 is 0 Å². The van der Waals surface area contributed by atoms with Gasteiger partial charge in [-0.1, -0.05) is 20.3 Å². The number of nitrogens with one attached hydrogen (secondary N) is 1.